The molecule has 0 atom stereocenters. The summed E-state index contributed by atoms with van der Waals surface area (Å²) in [6, 6.07) is 27.8. The van der Waals surface area contributed by atoms with Crippen molar-refractivity contribution < 1.29 is 33.0 Å². The molecular weight excluding hydrogens is 1580 g/mol. The average Bonchev–Trinajstić information content (AvgIpc) is 1.49. The number of hydrogen-bond acceptors (Lipinski definition) is 15. The highest BCUT2D eigenvalue weighted by Crippen LogP contribution is 2.59. The van der Waals surface area contributed by atoms with Crippen LogP contribution in [0.15, 0.2) is 135 Å². The summed E-state index contributed by atoms with van der Waals surface area (Å²) in [5.41, 5.74) is 32.2. The number of methoxy groups -OCH3 is 2. The summed E-state index contributed by atoms with van der Waals surface area (Å²) in [5.74, 6) is 0.796. The Balaban J connectivity index is 0.000000146. The van der Waals surface area contributed by atoms with Crippen molar-refractivity contribution in [3.63, 3.8) is 0 Å². The number of aromatic amines is 3. The fourth-order valence-electron chi connectivity index (χ4n) is 19.1. The van der Waals surface area contributed by atoms with Gasteiger partial charge in [0.15, 0.2) is 11.6 Å². The van der Waals surface area contributed by atoms with Gasteiger partial charge in [0, 0.05) is 160 Å². The average molecular weight is 1680 g/mol. The molecule has 3 amide bonds. The van der Waals surface area contributed by atoms with Crippen molar-refractivity contribution in [2.24, 2.45) is 16.2 Å². The molecule has 29 heteroatoms. The second kappa shape index (κ2) is 33.0. The molecular formula is C91H103Cl3FN19O6. The summed E-state index contributed by atoms with van der Waals surface area (Å²) >= 11 is 21.0. The van der Waals surface area contributed by atoms with Crippen LogP contribution in [0.4, 0.5) is 16.0 Å². The first-order valence-corrected chi connectivity index (χ1v) is 40.4. The first-order chi connectivity index (χ1) is 56.3. The van der Waals surface area contributed by atoms with Crippen molar-refractivity contribution in [2.75, 3.05) is 84.8 Å². The van der Waals surface area contributed by atoms with Gasteiger partial charge in [-0.2, -0.15) is 35.7 Å². The van der Waals surface area contributed by atoms with Gasteiger partial charge in [-0.15, -0.1) is 0 Å². The molecule has 10 heterocycles. The molecule has 3 aliphatic carbocycles. The van der Waals surface area contributed by atoms with Gasteiger partial charge in [0.05, 0.1) is 92.0 Å². The van der Waals surface area contributed by atoms with E-state index in [9.17, 15) is 14.4 Å². The Bertz CT molecular complexity index is 6180. The number of nitrogens with two attached hydrogens (primary N) is 2. The molecule has 0 unspecified atom stereocenters. The Morgan fingerprint density at radius 3 is 1.43 bits per heavy atom. The maximum absolute atomic E-state index is 15.7. The van der Waals surface area contributed by atoms with Crippen LogP contribution in [0.2, 0.25) is 15.1 Å². The highest BCUT2D eigenvalue weighted by Gasteiger charge is 2.57. The Morgan fingerprint density at radius 2 is 0.967 bits per heavy atom. The molecule has 0 bridgehead atoms. The van der Waals surface area contributed by atoms with Crippen molar-refractivity contribution in [1.82, 2.24) is 84.4 Å². The van der Waals surface area contributed by atoms with Crippen molar-refractivity contribution in [1.29, 1.82) is 0 Å². The third-order valence-corrected chi connectivity index (χ3v) is 26.3. The first-order valence-electron chi connectivity index (χ1n) is 39.2. The number of likely N-dealkylation sites (tertiary alicyclic amines) is 3. The molecule has 6 aliphatic rings. The summed E-state index contributed by atoms with van der Waals surface area (Å²) in [5, 5.41) is 47.5. The summed E-state index contributed by atoms with van der Waals surface area (Å²) in [6.07, 6.45) is 13.6. The number of aryl methyl sites for hydroxylation is 3. The maximum Gasteiger partial charge on any atom is 0.245 e. The molecule has 3 spiro atoms. The van der Waals surface area contributed by atoms with Gasteiger partial charge in [0.2, 0.25) is 17.7 Å². The molecule has 25 nitrogen and oxygen atoms in total. The predicted octanol–water partition coefficient (Wildman–Crippen LogP) is 18.4. The van der Waals surface area contributed by atoms with Gasteiger partial charge in [-0.25, -0.2) is 4.39 Å². The van der Waals surface area contributed by atoms with E-state index in [1.54, 1.807) is 32.5 Å². The number of rotatable bonds is 19. The number of fused-ring (bicyclic) bond motifs is 4. The van der Waals surface area contributed by atoms with Crippen LogP contribution >= 0.6 is 34.8 Å². The maximum atomic E-state index is 15.7. The van der Waals surface area contributed by atoms with Crippen LogP contribution in [0, 0.1) is 63.6 Å². The molecule has 0 radical (unpaired) electrons. The van der Waals surface area contributed by atoms with Gasteiger partial charge in [-0.3, -0.25) is 48.4 Å². The number of aromatic nitrogens is 14. The van der Waals surface area contributed by atoms with E-state index in [-0.39, 0.29) is 74.4 Å². The number of benzene rings is 6. The monoisotopic (exact) mass is 1680 g/mol. The minimum atomic E-state index is -0.435. The quantitative estimate of drug-likeness (QED) is 0.0371. The number of amides is 3. The number of nitrogen functional groups attached to an aromatic ring is 2. The van der Waals surface area contributed by atoms with Crippen LogP contribution in [-0.2, 0) is 30.4 Å². The number of carbonyl (C=O) groups excluding carboxylic acids is 3. The number of carbonyl (C=O) groups is 3. The fraction of sp³-hybridized carbons (Fsp3) is 0.363. The van der Waals surface area contributed by atoms with E-state index >= 15 is 4.39 Å². The van der Waals surface area contributed by atoms with Gasteiger partial charge in [-0.1, -0.05) is 113 Å². The zero-order valence-corrected chi connectivity index (χ0v) is 68.8. The molecule has 7 aromatic heterocycles. The number of anilines is 2. The van der Waals surface area contributed by atoms with Crippen molar-refractivity contribution in [3.05, 3.63) is 190 Å². The number of hydrogen-bond donors (Lipinski definition) is 5. The van der Waals surface area contributed by atoms with Gasteiger partial charge in [0.25, 0.3) is 0 Å². The van der Waals surface area contributed by atoms with Crippen LogP contribution in [0.1, 0.15) is 113 Å². The summed E-state index contributed by atoms with van der Waals surface area (Å²) < 4.78 is 39.8. The fourth-order valence-corrected chi connectivity index (χ4v) is 19.8. The molecule has 13 aromatic rings. The van der Waals surface area contributed by atoms with Crippen LogP contribution in [0.3, 0.4) is 0 Å². The first kappa shape index (κ1) is 85.0. The van der Waals surface area contributed by atoms with Gasteiger partial charge >= 0.3 is 0 Å². The zero-order chi connectivity index (χ0) is 82.0. The summed E-state index contributed by atoms with van der Waals surface area (Å²) in [7, 11) is 3.28. The van der Waals surface area contributed by atoms with E-state index in [4.69, 9.17) is 80.9 Å². The van der Waals surface area contributed by atoms with E-state index in [0.29, 0.717) is 70.1 Å². The lowest BCUT2D eigenvalue weighted by molar-refractivity contribution is -0.149. The largest absolute Gasteiger partial charge is 0.491 e. The second-order valence-corrected chi connectivity index (χ2v) is 33.8. The lowest BCUT2D eigenvalue weighted by Crippen LogP contribution is -2.63. The Hall–Kier alpha value is -11.4. The van der Waals surface area contributed by atoms with E-state index in [1.807, 2.05) is 100 Å². The molecule has 6 aromatic carbocycles. The molecule has 120 heavy (non-hydrogen) atoms. The third-order valence-electron chi connectivity index (χ3n) is 24.9. The number of nitrogens with zero attached hydrogens (tertiary/aromatic N) is 14. The van der Waals surface area contributed by atoms with Crippen molar-refractivity contribution in [2.45, 2.75) is 127 Å². The SMILES string of the molecule is C.C.C.C=CC(=O)N1CC2(CC(n3nc(-c4ccc(OCCOC)cc4F)c(-c4c(Cl)c(C)cc5[nH]ncc45)c3C)C2)C1.C=CC(=O)N1CC2(CC(n3nc(-c4ccc5nn(CCOC)cc5c4)c(-c4c(Cl)c(C)cc5[nH]nc(N)c45)c3C)C2)C1.C=CC(=O)N1CC2(CC(n3nc(-c4ccccc4)c(-c4c(Cl)c(C)cc5[nH]nc(N)c45)c3C)C2)C1. The van der Waals surface area contributed by atoms with E-state index in [2.05, 4.69) is 97.8 Å². The minimum absolute atomic E-state index is 0. The standard InChI is InChI=1S/C31H33ClN8O2.C30H31ClFN5O3.C27H27ClN6O.3CH4/c1-5-24(41)38-15-31(16-38)12-21(13-31)40-18(3)25(27-26-23(34-35-30(26)33)10-17(2)28(27)32)29(37-40)19-6-7-22-20(11-19)14-39(36-22)8-9-42-4;1-5-25(38)36-15-30(16-36)12-19(13-30)37-18(3)26(27-22-14-33-34-24(22)10-17(2)28(27)31)29(35-37)21-7-6-20(11-23(21)32)40-9-8-39-4;1-4-20(35)33-13-27(14-33)11-18(12-27)34-16(3)21(25(32-34)17-8-6-5-7-9-17)23-22-19(30-31-26(22)29)10-15(2)24(23)28;;;/h5-7,10-11,14,21H,1,8-9,12-13,15-16H2,2-4H3,(H3,33,34,35);5-7,10-11,14,19H,1,8-9,12-13,15-16H2,2-4H3,(H,33,34);4-10,18H,1,11-14H2,2-3H3,(H3,29,30,31);3*1H4. The minimum Gasteiger partial charge on any atom is -0.491 e. The normalized spacial score (nSPS) is 16.1. The molecule has 6 fully saturated rings. The van der Waals surface area contributed by atoms with E-state index < -0.39 is 5.82 Å². The van der Waals surface area contributed by atoms with Gasteiger partial charge < -0.3 is 40.4 Å². The Labute approximate surface area is 711 Å². The highest BCUT2D eigenvalue weighted by molar-refractivity contribution is 6.38. The topological polar surface area (TPSA) is 298 Å². The Kier molecular flexibility index (Phi) is 23.3. The third kappa shape index (κ3) is 14.6. The lowest BCUT2D eigenvalue weighted by atomic mass is 9.60. The summed E-state index contributed by atoms with van der Waals surface area (Å²) in [4.78, 5) is 41.5. The molecule has 3 saturated carbocycles. The number of H-pyrrole nitrogens is 3. The second-order valence-electron chi connectivity index (χ2n) is 32.7. The molecule has 19 rings (SSSR count). The Morgan fingerprint density at radius 1 is 0.525 bits per heavy atom. The van der Waals surface area contributed by atoms with Crippen LogP contribution in [0.5, 0.6) is 5.75 Å². The van der Waals surface area contributed by atoms with Gasteiger partial charge in [0.1, 0.15) is 35.3 Å². The smallest absolute Gasteiger partial charge is 0.245 e. The lowest BCUT2D eigenvalue weighted by Gasteiger charge is -2.58. The molecule has 3 aliphatic heterocycles. The van der Waals surface area contributed by atoms with Crippen LogP contribution < -0.4 is 16.2 Å². The number of nitrogens with one attached hydrogen (secondary N) is 3. The molecule has 3 saturated heterocycles. The zero-order valence-electron chi connectivity index (χ0n) is 66.5. The van der Waals surface area contributed by atoms with E-state index in [0.717, 1.165) is 211 Å². The predicted molar refractivity (Wildman–Crippen MR) is 476 cm³/mol. The molecule has 626 valence electrons. The molecule has 7 N–H and O–H groups in total. The number of ether oxygens (including phenoxy) is 3. The highest BCUT2D eigenvalue weighted by atomic mass is 35.5. The van der Waals surface area contributed by atoms with E-state index in [1.165, 1.54) is 24.3 Å². The number of halogens is 4. The van der Waals surface area contributed by atoms with Gasteiger partial charge in [-0.05, 0) is 157 Å². The van der Waals surface area contributed by atoms with Crippen LogP contribution in [0.25, 0.3) is 111 Å². The van der Waals surface area contributed by atoms with Crippen molar-refractivity contribution >= 4 is 108 Å². The summed E-state index contributed by atoms with van der Waals surface area (Å²) in [6.45, 7) is 29.6. The van der Waals surface area contributed by atoms with Crippen LogP contribution in [-0.4, -0.2) is 175 Å². The van der Waals surface area contributed by atoms with Crippen molar-refractivity contribution in [3.8, 4) is 72.9 Å².